The molecule has 2 rings (SSSR count). The molecule has 1 aromatic carbocycles. The van der Waals surface area contributed by atoms with Gasteiger partial charge in [-0.15, -0.1) is 0 Å². The maximum atomic E-state index is 14.1. The molecule has 8 heteroatoms. The smallest absolute Gasteiger partial charge is 0.409 e. The molecule has 1 aliphatic rings. The number of amides is 1. The molecule has 1 heterocycles. The lowest BCUT2D eigenvalue weighted by Gasteiger charge is -2.47. The third kappa shape index (κ3) is 3.86. The summed E-state index contributed by atoms with van der Waals surface area (Å²) in [7, 11) is -1.91. The van der Waals surface area contributed by atoms with Crippen molar-refractivity contribution in [1.29, 1.82) is 0 Å². The molecule has 1 aromatic rings. The second-order valence-electron chi connectivity index (χ2n) is 7.62. The number of hydrogen-bond donors (Lipinski definition) is 2. The third-order valence-corrected chi connectivity index (χ3v) is 9.23. The molecule has 0 atom stereocenters. The van der Waals surface area contributed by atoms with Gasteiger partial charge in [0.1, 0.15) is 5.69 Å². The van der Waals surface area contributed by atoms with Gasteiger partial charge in [-0.25, -0.2) is 13.6 Å². The van der Waals surface area contributed by atoms with Crippen molar-refractivity contribution in [3.05, 3.63) is 23.8 Å². The number of nitrogens with one attached hydrogen (secondary N) is 1. The van der Waals surface area contributed by atoms with Crippen molar-refractivity contribution >= 4 is 25.8 Å². The summed E-state index contributed by atoms with van der Waals surface area (Å²) in [5.41, 5.74) is -0.267. The monoisotopic (exact) mass is 358 g/mol. The summed E-state index contributed by atoms with van der Waals surface area (Å²) in [5, 5.41) is 10.6. The molecule has 24 heavy (non-hydrogen) atoms. The molecular formula is C16H24F2N2O3Si. The highest BCUT2D eigenvalue weighted by atomic mass is 28.4. The fourth-order valence-corrected chi connectivity index (χ4v) is 3.69. The van der Waals surface area contributed by atoms with Crippen LogP contribution in [0, 0.1) is 11.6 Å². The number of anilines is 2. The van der Waals surface area contributed by atoms with Gasteiger partial charge in [-0.2, -0.15) is 0 Å². The van der Waals surface area contributed by atoms with Crippen LogP contribution in [0.15, 0.2) is 12.1 Å². The van der Waals surface area contributed by atoms with Crippen LogP contribution >= 0.6 is 0 Å². The molecule has 0 radical (unpaired) electrons. The van der Waals surface area contributed by atoms with Crippen molar-refractivity contribution in [2.45, 2.75) is 45.0 Å². The number of nitrogens with zero attached hydrogens (tertiary/aromatic N) is 1. The Morgan fingerprint density at radius 1 is 1.29 bits per heavy atom. The predicted molar refractivity (Wildman–Crippen MR) is 92.3 cm³/mol. The second-order valence-corrected chi connectivity index (χ2v) is 12.4. The molecule has 1 fully saturated rings. The van der Waals surface area contributed by atoms with E-state index in [2.05, 4.69) is 33.9 Å². The van der Waals surface area contributed by atoms with Gasteiger partial charge in [-0.1, -0.05) is 20.8 Å². The number of hydrogen-bond acceptors (Lipinski definition) is 3. The van der Waals surface area contributed by atoms with Gasteiger partial charge in [0.25, 0.3) is 0 Å². The zero-order valence-corrected chi connectivity index (χ0v) is 15.6. The average molecular weight is 358 g/mol. The minimum absolute atomic E-state index is 0.0403. The molecule has 0 aromatic heterocycles. The molecule has 0 bridgehead atoms. The van der Waals surface area contributed by atoms with Crippen LogP contribution in [-0.4, -0.2) is 38.7 Å². The van der Waals surface area contributed by atoms with E-state index in [1.807, 2.05) is 5.32 Å². The standard InChI is InChI=1S/C16H24F2N2O3Si/c1-16(2,3)24(4,5)23-11-8-20(9-11)14-12(17)6-10(7-13(14)18)19-15(21)22/h6-7,11,19H,8-9H2,1-5H3,(H,21,22). The predicted octanol–water partition coefficient (Wildman–Crippen LogP) is 4.27. The SMILES string of the molecule is CC(C)(C)[Si](C)(C)OC1CN(c2c(F)cc(NC(=O)O)cc2F)C1. The number of halogens is 2. The largest absolute Gasteiger partial charge is 0.465 e. The summed E-state index contributed by atoms with van der Waals surface area (Å²) in [6.07, 6.45) is -1.41. The lowest BCUT2D eigenvalue weighted by Crippen LogP contribution is -2.58. The zero-order valence-electron chi connectivity index (χ0n) is 14.6. The van der Waals surface area contributed by atoms with E-state index >= 15 is 0 Å². The van der Waals surface area contributed by atoms with Gasteiger partial charge in [-0.3, -0.25) is 5.32 Å². The summed E-state index contributed by atoms with van der Waals surface area (Å²) in [6.45, 7) is 11.6. The van der Waals surface area contributed by atoms with E-state index in [0.717, 1.165) is 12.1 Å². The van der Waals surface area contributed by atoms with Crippen LogP contribution in [0.3, 0.4) is 0 Å². The molecule has 1 saturated heterocycles. The zero-order chi connectivity index (χ0) is 18.3. The molecule has 134 valence electrons. The second kappa shape index (κ2) is 6.32. The maximum Gasteiger partial charge on any atom is 0.409 e. The fourth-order valence-electron chi connectivity index (χ4n) is 2.35. The van der Waals surface area contributed by atoms with Crippen molar-refractivity contribution in [2.24, 2.45) is 0 Å². The number of benzene rings is 1. The number of rotatable bonds is 4. The summed E-state index contributed by atoms with van der Waals surface area (Å²) in [5.74, 6) is -1.57. The van der Waals surface area contributed by atoms with Crippen LogP contribution < -0.4 is 10.2 Å². The summed E-state index contributed by atoms with van der Waals surface area (Å²) in [6, 6.07) is 1.96. The van der Waals surface area contributed by atoms with E-state index in [1.54, 1.807) is 4.90 Å². The van der Waals surface area contributed by atoms with E-state index < -0.39 is 26.0 Å². The minimum atomic E-state index is -1.91. The summed E-state index contributed by atoms with van der Waals surface area (Å²) >= 11 is 0. The molecular weight excluding hydrogens is 334 g/mol. The molecule has 2 N–H and O–H groups in total. The Labute approximate surface area is 141 Å². The van der Waals surface area contributed by atoms with Gasteiger partial charge in [0.15, 0.2) is 20.0 Å². The van der Waals surface area contributed by atoms with E-state index in [9.17, 15) is 13.6 Å². The third-order valence-electron chi connectivity index (χ3n) is 4.70. The molecule has 0 spiro atoms. The Morgan fingerprint density at radius 3 is 2.21 bits per heavy atom. The fraction of sp³-hybridized carbons (Fsp3) is 0.562. The van der Waals surface area contributed by atoms with Crippen molar-refractivity contribution in [2.75, 3.05) is 23.3 Å². The van der Waals surface area contributed by atoms with Crippen molar-refractivity contribution < 1.29 is 23.1 Å². The van der Waals surface area contributed by atoms with Crippen molar-refractivity contribution in [3.63, 3.8) is 0 Å². The highest BCUT2D eigenvalue weighted by molar-refractivity contribution is 6.74. The first-order chi connectivity index (χ1) is 10.9. The minimum Gasteiger partial charge on any atom is -0.465 e. The van der Waals surface area contributed by atoms with Crippen LogP contribution in [-0.2, 0) is 4.43 Å². The normalized spacial score (nSPS) is 16.0. The van der Waals surface area contributed by atoms with Gasteiger partial charge >= 0.3 is 6.09 Å². The van der Waals surface area contributed by atoms with Gasteiger partial charge in [0.05, 0.1) is 6.10 Å². The van der Waals surface area contributed by atoms with Gasteiger partial charge in [-0.05, 0) is 30.3 Å². The Morgan fingerprint density at radius 2 is 1.79 bits per heavy atom. The maximum absolute atomic E-state index is 14.1. The molecule has 1 aliphatic heterocycles. The van der Waals surface area contributed by atoms with Crippen LogP contribution in [0.5, 0.6) is 0 Å². The Hall–Kier alpha value is -1.67. The molecule has 0 saturated carbocycles. The van der Waals surface area contributed by atoms with E-state index in [-0.39, 0.29) is 22.5 Å². The topological polar surface area (TPSA) is 61.8 Å². The lowest BCUT2D eigenvalue weighted by molar-refractivity contribution is 0.148. The molecule has 5 nitrogen and oxygen atoms in total. The Balaban J connectivity index is 2.05. The van der Waals surface area contributed by atoms with Crippen molar-refractivity contribution in [3.8, 4) is 0 Å². The summed E-state index contributed by atoms with van der Waals surface area (Å²) < 4.78 is 34.5. The van der Waals surface area contributed by atoms with Crippen LogP contribution in [0.2, 0.25) is 18.1 Å². The molecule has 0 unspecified atom stereocenters. The number of carbonyl (C=O) groups is 1. The first-order valence-corrected chi connectivity index (χ1v) is 10.7. The van der Waals surface area contributed by atoms with Gasteiger partial charge in [0.2, 0.25) is 0 Å². The highest BCUT2D eigenvalue weighted by Crippen LogP contribution is 2.39. The van der Waals surface area contributed by atoms with Crippen LogP contribution in [0.25, 0.3) is 0 Å². The summed E-state index contributed by atoms with van der Waals surface area (Å²) in [4.78, 5) is 12.1. The highest BCUT2D eigenvalue weighted by Gasteiger charge is 2.42. The van der Waals surface area contributed by atoms with Gasteiger partial charge in [0, 0.05) is 18.8 Å². The van der Waals surface area contributed by atoms with E-state index in [1.165, 1.54) is 0 Å². The first-order valence-electron chi connectivity index (χ1n) is 7.82. The first kappa shape index (κ1) is 18.7. The lowest BCUT2D eigenvalue weighted by atomic mass is 10.1. The Kier molecular flexibility index (Phi) is 4.92. The quantitative estimate of drug-likeness (QED) is 0.789. The molecule has 1 amide bonds. The average Bonchev–Trinajstić information content (AvgIpc) is 2.32. The van der Waals surface area contributed by atoms with Crippen molar-refractivity contribution in [1.82, 2.24) is 0 Å². The van der Waals surface area contributed by atoms with Gasteiger partial charge < -0.3 is 14.4 Å². The Bertz CT molecular complexity index is 618. The van der Waals surface area contributed by atoms with Crippen LogP contribution in [0.4, 0.5) is 25.0 Å². The van der Waals surface area contributed by atoms with Crippen LogP contribution in [0.1, 0.15) is 20.8 Å². The molecule has 0 aliphatic carbocycles. The van der Waals surface area contributed by atoms with E-state index in [0.29, 0.717) is 13.1 Å². The van der Waals surface area contributed by atoms with E-state index in [4.69, 9.17) is 9.53 Å². The number of carboxylic acid groups (broad SMARTS) is 1.